The predicted molar refractivity (Wildman–Crippen MR) is 109 cm³/mol. The summed E-state index contributed by atoms with van der Waals surface area (Å²) in [6, 6.07) is 15.0. The average Bonchev–Trinajstić information content (AvgIpc) is 3.24. The Bertz CT molecular complexity index is 1170. The summed E-state index contributed by atoms with van der Waals surface area (Å²) in [6.07, 6.45) is 3.24. The van der Waals surface area contributed by atoms with Crippen molar-refractivity contribution in [2.75, 3.05) is 14.1 Å². The predicted octanol–water partition coefficient (Wildman–Crippen LogP) is 3.87. The van der Waals surface area contributed by atoms with Gasteiger partial charge in [0.05, 0.1) is 18.1 Å². The lowest BCUT2D eigenvalue weighted by molar-refractivity contribution is 0.0827. The van der Waals surface area contributed by atoms with Crippen molar-refractivity contribution in [2.45, 2.75) is 6.92 Å². The molecule has 0 unspecified atom stereocenters. The molecule has 1 amide bonds. The largest absolute Gasteiger partial charge is 0.415 e. The number of rotatable bonds is 4. The highest BCUT2D eigenvalue weighted by Gasteiger charge is 2.15. The summed E-state index contributed by atoms with van der Waals surface area (Å²) >= 11 is 0. The molecule has 144 valence electrons. The van der Waals surface area contributed by atoms with Crippen molar-refractivity contribution in [3.8, 4) is 34.3 Å². The van der Waals surface area contributed by atoms with Gasteiger partial charge in [0.2, 0.25) is 5.89 Å². The van der Waals surface area contributed by atoms with Gasteiger partial charge in [-0.25, -0.2) is 4.98 Å². The molecule has 4 rings (SSSR count). The van der Waals surface area contributed by atoms with Gasteiger partial charge in [0, 0.05) is 30.8 Å². The summed E-state index contributed by atoms with van der Waals surface area (Å²) in [5.74, 6) is 0.694. The van der Waals surface area contributed by atoms with Crippen LogP contribution in [-0.2, 0) is 0 Å². The van der Waals surface area contributed by atoms with Crippen LogP contribution < -0.4 is 0 Å². The Kier molecular flexibility index (Phi) is 4.87. The Balaban J connectivity index is 1.63. The average molecular weight is 385 g/mol. The maximum Gasteiger partial charge on any atom is 0.268 e. The number of aromatic nitrogens is 4. The standard InChI is InChI=1S/C22H19N5O2/c1-14-6-4-5-7-17(14)20-25-26-21(29-20)19-13-23-12-18(24-19)15-8-10-16(11-9-15)22(28)27(2)3/h4-13H,1-3H3. The molecule has 0 aliphatic carbocycles. The van der Waals surface area contributed by atoms with Gasteiger partial charge in [-0.05, 0) is 30.7 Å². The molecule has 29 heavy (non-hydrogen) atoms. The Hall–Kier alpha value is -3.87. The van der Waals surface area contributed by atoms with Crippen LogP contribution in [0.5, 0.6) is 0 Å². The zero-order chi connectivity index (χ0) is 20.4. The monoisotopic (exact) mass is 385 g/mol. The number of carbonyl (C=O) groups excluding carboxylic acids is 1. The first kappa shape index (κ1) is 18.5. The van der Waals surface area contributed by atoms with Crippen LogP contribution in [0, 0.1) is 6.92 Å². The van der Waals surface area contributed by atoms with Crippen LogP contribution in [-0.4, -0.2) is 45.1 Å². The van der Waals surface area contributed by atoms with Gasteiger partial charge in [0.15, 0.2) is 0 Å². The van der Waals surface area contributed by atoms with Gasteiger partial charge in [-0.2, -0.15) is 0 Å². The SMILES string of the molecule is Cc1ccccc1-c1nnc(-c2cncc(-c3ccc(C(=O)N(C)C)cc3)n2)o1. The van der Waals surface area contributed by atoms with Gasteiger partial charge in [0.1, 0.15) is 5.69 Å². The van der Waals surface area contributed by atoms with E-state index in [9.17, 15) is 4.79 Å². The van der Waals surface area contributed by atoms with Crippen molar-refractivity contribution in [1.82, 2.24) is 25.1 Å². The van der Waals surface area contributed by atoms with Gasteiger partial charge < -0.3 is 9.32 Å². The lowest BCUT2D eigenvalue weighted by Gasteiger charge is -2.10. The summed E-state index contributed by atoms with van der Waals surface area (Å²) in [5, 5.41) is 8.27. The number of amides is 1. The minimum atomic E-state index is -0.0500. The molecule has 0 saturated heterocycles. The van der Waals surface area contributed by atoms with Crippen LogP contribution in [0.3, 0.4) is 0 Å². The zero-order valence-corrected chi connectivity index (χ0v) is 16.3. The lowest BCUT2D eigenvalue weighted by atomic mass is 10.1. The van der Waals surface area contributed by atoms with Gasteiger partial charge >= 0.3 is 0 Å². The summed E-state index contributed by atoms with van der Waals surface area (Å²) in [6.45, 7) is 1.99. The van der Waals surface area contributed by atoms with Gasteiger partial charge in [-0.15, -0.1) is 10.2 Å². The molecule has 0 atom stereocenters. The second-order valence-corrected chi connectivity index (χ2v) is 6.79. The number of benzene rings is 2. The molecule has 2 heterocycles. The Morgan fingerprint density at radius 1 is 0.897 bits per heavy atom. The highest BCUT2D eigenvalue weighted by Crippen LogP contribution is 2.26. The molecular formula is C22H19N5O2. The third-order valence-corrected chi connectivity index (χ3v) is 4.49. The first-order valence-electron chi connectivity index (χ1n) is 9.07. The Labute approximate surface area is 168 Å². The molecule has 0 aliphatic rings. The molecule has 0 radical (unpaired) electrons. The second-order valence-electron chi connectivity index (χ2n) is 6.79. The van der Waals surface area contributed by atoms with Gasteiger partial charge in [0.25, 0.3) is 11.8 Å². The molecule has 7 heteroatoms. The number of hydrogen-bond donors (Lipinski definition) is 0. The first-order chi connectivity index (χ1) is 14.0. The highest BCUT2D eigenvalue weighted by molar-refractivity contribution is 5.94. The Morgan fingerprint density at radius 2 is 1.59 bits per heavy atom. The van der Waals surface area contributed by atoms with Crippen molar-refractivity contribution in [3.05, 3.63) is 72.1 Å². The fourth-order valence-corrected chi connectivity index (χ4v) is 2.90. The molecule has 0 fully saturated rings. The maximum atomic E-state index is 12.0. The zero-order valence-electron chi connectivity index (χ0n) is 16.3. The third kappa shape index (κ3) is 3.75. The topological polar surface area (TPSA) is 85.0 Å². The van der Waals surface area contributed by atoms with E-state index in [4.69, 9.17) is 4.42 Å². The minimum absolute atomic E-state index is 0.0500. The number of hydrogen-bond acceptors (Lipinski definition) is 6. The van der Waals surface area contributed by atoms with Crippen molar-refractivity contribution in [3.63, 3.8) is 0 Å². The van der Waals surface area contributed by atoms with Crippen LogP contribution in [0.1, 0.15) is 15.9 Å². The van der Waals surface area contributed by atoms with E-state index >= 15 is 0 Å². The smallest absolute Gasteiger partial charge is 0.268 e. The Morgan fingerprint density at radius 3 is 2.31 bits per heavy atom. The summed E-state index contributed by atoms with van der Waals surface area (Å²) in [7, 11) is 3.45. The molecule has 0 bridgehead atoms. The molecule has 0 saturated carbocycles. The lowest BCUT2D eigenvalue weighted by Crippen LogP contribution is -2.21. The van der Waals surface area contributed by atoms with E-state index in [-0.39, 0.29) is 5.91 Å². The maximum absolute atomic E-state index is 12.0. The summed E-state index contributed by atoms with van der Waals surface area (Å²) in [4.78, 5) is 22.4. The molecule has 4 aromatic rings. The van der Waals surface area contributed by atoms with E-state index < -0.39 is 0 Å². The molecular weight excluding hydrogens is 366 g/mol. The van der Waals surface area contributed by atoms with Crippen molar-refractivity contribution < 1.29 is 9.21 Å². The van der Waals surface area contributed by atoms with Gasteiger partial charge in [-0.3, -0.25) is 9.78 Å². The van der Waals surface area contributed by atoms with Crippen molar-refractivity contribution in [2.24, 2.45) is 0 Å². The quantitative estimate of drug-likeness (QED) is 0.530. The molecule has 2 aromatic carbocycles. The molecule has 2 aromatic heterocycles. The normalized spacial score (nSPS) is 10.7. The molecule has 0 aliphatic heterocycles. The molecule has 7 nitrogen and oxygen atoms in total. The third-order valence-electron chi connectivity index (χ3n) is 4.49. The highest BCUT2D eigenvalue weighted by atomic mass is 16.4. The van der Waals surface area contributed by atoms with Crippen molar-refractivity contribution in [1.29, 1.82) is 0 Å². The first-order valence-corrected chi connectivity index (χ1v) is 9.07. The fourth-order valence-electron chi connectivity index (χ4n) is 2.90. The summed E-state index contributed by atoms with van der Waals surface area (Å²) < 4.78 is 5.83. The van der Waals surface area contributed by atoms with Crippen LogP contribution in [0.25, 0.3) is 34.3 Å². The van der Waals surface area contributed by atoms with Crippen molar-refractivity contribution >= 4 is 5.91 Å². The van der Waals surface area contributed by atoms with Gasteiger partial charge in [-0.1, -0.05) is 30.3 Å². The van der Waals surface area contributed by atoms with Crippen LogP contribution in [0.2, 0.25) is 0 Å². The van der Waals surface area contributed by atoms with E-state index in [1.165, 1.54) is 4.90 Å². The van der Waals surface area contributed by atoms with E-state index in [1.807, 2.05) is 43.3 Å². The van der Waals surface area contributed by atoms with E-state index in [0.717, 1.165) is 16.7 Å². The van der Waals surface area contributed by atoms with Crippen LogP contribution >= 0.6 is 0 Å². The van der Waals surface area contributed by atoms with Crippen LogP contribution in [0.4, 0.5) is 0 Å². The van der Waals surface area contributed by atoms with Crippen LogP contribution in [0.15, 0.2) is 65.3 Å². The minimum Gasteiger partial charge on any atom is -0.415 e. The number of nitrogens with zero attached hydrogens (tertiary/aromatic N) is 5. The van der Waals surface area contributed by atoms with E-state index in [0.29, 0.717) is 28.7 Å². The van der Waals surface area contributed by atoms with E-state index in [2.05, 4.69) is 20.2 Å². The fraction of sp³-hybridized carbons (Fsp3) is 0.136. The van der Waals surface area contributed by atoms with E-state index in [1.54, 1.807) is 38.6 Å². The molecule has 0 N–H and O–H groups in total. The number of aryl methyl sites for hydroxylation is 1. The summed E-state index contributed by atoms with van der Waals surface area (Å²) in [5.41, 5.74) is 4.53. The second kappa shape index (κ2) is 7.63. The number of carbonyl (C=O) groups is 1. The molecule has 0 spiro atoms.